The fourth-order valence-electron chi connectivity index (χ4n) is 0.440. The van der Waals surface area contributed by atoms with Crippen LogP contribution in [0.1, 0.15) is 20.8 Å². The van der Waals surface area contributed by atoms with E-state index in [9.17, 15) is 0 Å². The van der Waals surface area contributed by atoms with Gasteiger partial charge < -0.3 is 14.6 Å². The van der Waals surface area contributed by atoms with Gasteiger partial charge in [0, 0.05) is 0 Å². The van der Waals surface area contributed by atoms with Gasteiger partial charge in [-0.05, 0) is 20.8 Å². The second kappa shape index (κ2) is 5.52. The van der Waals surface area contributed by atoms with E-state index >= 15 is 0 Å². The summed E-state index contributed by atoms with van der Waals surface area (Å²) in [5, 5.41) is 8.52. The van der Waals surface area contributed by atoms with Gasteiger partial charge in [0.1, 0.15) is 0 Å². The lowest BCUT2D eigenvalue weighted by molar-refractivity contribution is -0.0334. The Morgan fingerprint density at radius 1 is 0.909 bits per heavy atom. The highest BCUT2D eigenvalue weighted by atomic mass is 16.6. The fraction of sp³-hybridized carbons (Fsp3) is 1.00. The van der Waals surface area contributed by atoms with Crippen molar-refractivity contribution in [3.05, 3.63) is 0 Å². The van der Waals surface area contributed by atoms with Gasteiger partial charge in [-0.2, -0.15) is 0 Å². The Labute approximate surface area is 68.3 Å². The van der Waals surface area contributed by atoms with E-state index < -0.39 is 5.60 Å². The van der Waals surface area contributed by atoms with Crippen LogP contribution in [0.15, 0.2) is 0 Å². The Morgan fingerprint density at radius 2 is 1.09 bits per heavy atom. The smallest absolute Gasteiger partial charge is 0.0701 e. The van der Waals surface area contributed by atoms with Crippen molar-refractivity contribution in [2.24, 2.45) is 0 Å². The van der Waals surface area contributed by atoms with Crippen LogP contribution < -0.4 is 0 Å². The molecule has 0 spiro atoms. The maximum absolute atomic E-state index is 8.52. The lowest BCUT2D eigenvalue weighted by Crippen LogP contribution is -2.16. The molecule has 1 rings (SSSR count). The highest BCUT2D eigenvalue weighted by Crippen LogP contribution is 1.93. The standard InChI is InChI=1S/C4H8O2.C4H10O/c1-2-6-4-3-5-1;1-4(2,3)5/h1-4H2;5H,1-3H3. The van der Waals surface area contributed by atoms with Gasteiger partial charge >= 0.3 is 0 Å². The second-order valence-electron chi connectivity index (χ2n) is 3.40. The third-order valence-electron chi connectivity index (χ3n) is 0.744. The minimum Gasteiger partial charge on any atom is -0.391 e. The fourth-order valence-corrected chi connectivity index (χ4v) is 0.440. The van der Waals surface area contributed by atoms with Gasteiger partial charge in [0.2, 0.25) is 0 Å². The van der Waals surface area contributed by atoms with E-state index in [-0.39, 0.29) is 0 Å². The zero-order valence-electron chi connectivity index (χ0n) is 7.59. The van der Waals surface area contributed by atoms with Gasteiger partial charge in [0.25, 0.3) is 0 Å². The van der Waals surface area contributed by atoms with Crippen molar-refractivity contribution in [3.8, 4) is 0 Å². The quantitative estimate of drug-likeness (QED) is 0.573. The normalized spacial score (nSPS) is 18.5. The van der Waals surface area contributed by atoms with Crippen molar-refractivity contribution in [2.45, 2.75) is 26.4 Å². The molecule has 0 radical (unpaired) electrons. The molecule has 1 aliphatic rings. The number of hydrogen-bond donors (Lipinski definition) is 1. The molecule has 0 atom stereocenters. The topological polar surface area (TPSA) is 38.7 Å². The minimum atomic E-state index is -0.500. The Hall–Kier alpha value is -0.120. The number of aliphatic hydroxyl groups is 1. The van der Waals surface area contributed by atoms with Crippen LogP contribution >= 0.6 is 0 Å². The van der Waals surface area contributed by atoms with Crippen molar-refractivity contribution in [1.29, 1.82) is 0 Å². The third kappa shape index (κ3) is 17.7. The summed E-state index contributed by atoms with van der Waals surface area (Å²) >= 11 is 0. The molecule has 0 aliphatic carbocycles. The lowest BCUT2D eigenvalue weighted by atomic mass is 10.2. The minimum absolute atomic E-state index is 0.500. The summed E-state index contributed by atoms with van der Waals surface area (Å²) in [4.78, 5) is 0. The number of ether oxygens (including phenoxy) is 2. The highest BCUT2D eigenvalue weighted by Gasteiger charge is 1.97. The molecule has 0 bridgehead atoms. The zero-order chi connectivity index (χ0) is 8.74. The van der Waals surface area contributed by atoms with Gasteiger partial charge in [-0.25, -0.2) is 0 Å². The van der Waals surface area contributed by atoms with Crippen LogP contribution in [0.4, 0.5) is 0 Å². The first-order valence-corrected chi connectivity index (χ1v) is 3.88. The van der Waals surface area contributed by atoms with E-state index in [1.54, 1.807) is 20.8 Å². The number of hydrogen-bond acceptors (Lipinski definition) is 3. The van der Waals surface area contributed by atoms with E-state index in [4.69, 9.17) is 14.6 Å². The van der Waals surface area contributed by atoms with Gasteiger partial charge in [-0.15, -0.1) is 0 Å². The maximum atomic E-state index is 8.52. The van der Waals surface area contributed by atoms with E-state index in [1.165, 1.54) is 0 Å². The molecule has 1 saturated heterocycles. The van der Waals surface area contributed by atoms with Crippen LogP contribution in [0, 0.1) is 0 Å². The van der Waals surface area contributed by atoms with Crippen molar-refractivity contribution in [2.75, 3.05) is 26.4 Å². The van der Waals surface area contributed by atoms with Gasteiger partial charge in [0.15, 0.2) is 0 Å². The second-order valence-corrected chi connectivity index (χ2v) is 3.40. The number of rotatable bonds is 0. The van der Waals surface area contributed by atoms with Crippen molar-refractivity contribution >= 4 is 0 Å². The summed E-state index contributed by atoms with van der Waals surface area (Å²) in [5.74, 6) is 0. The summed E-state index contributed by atoms with van der Waals surface area (Å²) in [6, 6.07) is 0. The van der Waals surface area contributed by atoms with Gasteiger partial charge in [-0.3, -0.25) is 0 Å². The SMILES string of the molecule is C1COCCO1.CC(C)(C)O. The molecule has 3 heteroatoms. The third-order valence-corrected chi connectivity index (χ3v) is 0.744. The van der Waals surface area contributed by atoms with E-state index in [0.717, 1.165) is 26.4 Å². The molecule has 0 amide bonds. The average molecular weight is 162 g/mol. The van der Waals surface area contributed by atoms with Crippen LogP contribution in [-0.2, 0) is 9.47 Å². The molecule has 1 N–H and O–H groups in total. The Bertz CT molecular complexity index is 64.3. The Kier molecular flexibility index (Phi) is 5.46. The van der Waals surface area contributed by atoms with Crippen LogP contribution in [0.25, 0.3) is 0 Å². The molecule has 0 aromatic rings. The monoisotopic (exact) mass is 162 g/mol. The maximum Gasteiger partial charge on any atom is 0.0701 e. The molecule has 11 heavy (non-hydrogen) atoms. The van der Waals surface area contributed by atoms with Crippen LogP contribution in [-0.4, -0.2) is 37.1 Å². The molecule has 1 fully saturated rings. The average Bonchev–Trinajstić information content (AvgIpc) is 1.88. The summed E-state index contributed by atoms with van der Waals surface area (Å²) in [6.07, 6.45) is 0. The predicted octanol–water partition coefficient (Wildman–Crippen LogP) is 0.810. The first kappa shape index (κ1) is 10.9. The molecule has 0 aromatic carbocycles. The van der Waals surface area contributed by atoms with E-state index in [2.05, 4.69) is 0 Å². The Morgan fingerprint density at radius 3 is 1.18 bits per heavy atom. The summed E-state index contributed by atoms with van der Waals surface area (Å²) in [7, 11) is 0. The van der Waals surface area contributed by atoms with Crippen molar-refractivity contribution in [1.82, 2.24) is 0 Å². The molecule has 0 unspecified atom stereocenters. The molecule has 3 nitrogen and oxygen atoms in total. The molecular weight excluding hydrogens is 144 g/mol. The predicted molar refractivity (Wildman–Crippen MR) is 43.6 cm³/mol. The van der Waals surface area contributed by atoms with Crippen LogP contribution in [0.5, 0.6) is 0 Å². The van der Waals surface area contributed by atoms with Crippen LogP contribution in [0.2, 0.25) is 0 Å². The molecular formula is C8H18O3. The molecule has 1 heterocycles. The molecule has 1 aliphatic heterocycles. The summed E-state index contributed by atoms with van der Waals surface area (Å²) in [5.41, 5.74) is -0.500. The first-order valence-electron chi connectivity index (χ1n) is 3.88. The highest BCUT2D eigenvalue weighted by molar-refractivity contribution is 4.50. The van der Waals surface area contributed by atoms with Crippen molar-refractivity contribution in [3.63, 3.8) is 0 Å². The largest absolute Gasteiger partial charge is 0.391 e. The zero-order valence-corrected chi connectivity index (χ0v) is 7.59. The Balaban J connectivity index is 0.000000187. The lowest BCUT2D eigenvalue weighted by Gasteiger charge is -2.09. The summed E-state index contributed by atoms with van der Waals surface area (Å²) < 4.78 is 9.89. The molecule has 0 saturated carbocycles. The van der Waals surface area contributed by atoms with Crippen molar-refractivity contribution < 1.29 is 14.6 Å². The first-order chi connectivity index (χ1) is 5.00. The van der Waals surface area contributed by atoms with Gasteiger partial charge in [-0.1, -0.05) is 0 Å². The molecule has 0 aromatic heterocycles. The molecule has 68 valence electrons. The van der Waals surface area contributed by atoms with Crippen LogP contribution in [0.3, 0.4) is 0 Å². The summed E-state index contributed by atoms with van der Waals surface area (Å²) in [6.45, 7) is 8.34. The van der Waals surface area contributed by atoms with Gasteiger partial charge in [0.05, 0.1) is 32.0 Å². The van der Waals surface area contributed by atoms with E-state index in [1.807, 2.05) is 0 Å². The van der Waals surface area contributed by atoms with E-state index in [0.29, 0.717) is 0 Å².